The standard InChI is InChI=1S/C13H18ClN3O/c1-9-7-12(5-6-15-9)17-13(18)16-11-4-2-3-10(14)8-11/h2-4,8-9,12,15H,5-7H2,1H3,(H2,16,17,18). The van der Waals surface area contributed by atoms with Crippen LogP contribution in [0.4, 0.5) is 10.5 Å². The molecule has 1 aliphatic rings. The number of anilines is 1. The van der Waals surface area contributed by atoms with Crippen LogP contribution in [0.3, 0.4) is 0 Å². The van der Waals surface area contributed by atoms with Crippen molar-refractivity contribution in [2.24, 2.45) is 0 Å². The molecule has 1 aromatic rings. The number of halogens is 1. The molecule has 1 heterocycles. The molecule has 1 saturated heterocycles. The Labute approximate surface area is 112 Å². The first-order chi connectivity index (χ1) is 8.63. The van der Waals surface area contributed by atoms with E-state index in [0.717, 1.165) is 19.4 Å². The molecule has 1 aliphatic heterocycles. The van der Waals surface area contributed by atoms with E-state index in [1.165, 1.54) is 0 Å². The van der Waals surface area contributed by atoms with Gasteiger partial charge in [-0.3, -0.25) is 0 Å². The third kappa shape index (κ3) is 3.89. The molecule has 0 aromatic heterocycles. The second-order valence-electron chi connectivity index (χ2n) is 4.69. The van der Waals surface area contributed by atoms with Gasteiger partial charge in [-0.05, 0) is 44.5 Å². The molecule has 2 rings (SSSR count). The van der Waals surface area contributed by atoms with Crippen molar-refractivity contribution in [3.8, 4) is 0 Å². The van der Waals surface area contributed by atoms with Gasteiger partial charge in [0.15, 0.2) is 0 Å². The molecule has 0 bridgehead atoms. The van der Waals surface area contributed by atoms with Crippen molar-refractivity contribution < 1.29 is 4.79 Å². The zero-order valence-electron chi connectivity index (χ0n) is 10.4. The molecule has 2 atom stereocenters. The summed E-state index contributed by atoms with van der Waals surface area (Å²) in [6.45, 7) is 3.08. The van der Waals surface area contributed by atoms with Crippen molar-refractivity contribution in [2.75, 3.05) is 11.9 Å². The maximum Gasteiger partial charge on any atom is 0.319 e. The molecule has 3 N–H and O–H groups in total. The van der Waals surface area contributed by atoms with Crippen LogP contribution < -0.4 is 16.0 Å². The van der Waals surface area contributed by atoms with E-state index < -0.39 is 0 Å². The largest absolute Gasteiger partial charge is 0.335 e. The van der Waals surface area contributed by atoms with Crippen LogP contribution in [0, 0.1) is 0 Å². The molecule has 2 unspecified atom stereocenters. The van der Waals surface area contributed by atoms with E-state index >= 15 is 0 Å². The van der Waals surface area contributed by atoms with Gasteiger partial charge in [-0.2, -0.15) is 0 Å². The quantitative estimate of drug-likeness (QED) is 0.772. The lowest BCUT2D eigenvalue weighted by molar-refractivity contribution is 0.242. The summed E-state index contributed by atoms with van der Waals surface area (Å²) in [7, 11) is 0. The second kappa shape index (κ2) is 6.07. The van der Waals surface area contributed by atoms with Crippen molar-refractivity contribution in [2.45, 2.75) is 31.8 Å². The molecule has 1 aromatic carbocycles. The predicted octanol–water partition coefficient (Wildman–Crippen LogP) is 2.60. The Morgan fingerprint density at radius 1 is 1.50 bits per heavy atom. The Hall–Kier alpha value is -1.26. The van der Waals surface area contributed by atoms with E-state index in [1.54, 1.807) is 12.1 Å². The van der Waals surface area contributed by atoms with Gasteiger partial charge in [0.1, 0.15) is 0 Å². The summed E-state index contributed by atoms with van der Waals surface area (Å²) < 4.78 is 0. The molecule has 0 spiro atoms. The number of amides is 2. The zero-order valence-corrected chi connectivity index (χ0v) is 11.1. The van der Waals surface area contributed by atoms with E-state index in [9.17, 15) is 4.79 Å². The van der Waals surface area contributed by atoms with Crippen molar-refractivity contribution in [3.63, 3.8) is 0 Å². The molecular formula is C13H18ClN3O. The lowest BCUT2D eigenvalue weighted by atomic mass is 10.0. The number of benzene rings is 1. The van der Waals surface area contributed by atoms with Gasteiger partial charge >= 0.3 is 6.03 Å². The van der Waals surface area contributed by atoms with E-state index in [1.807, 2.05) is 12.1 Å². The van der Waals surface area contributed by atoms with Gasteiger partial charge in [0.05, 0.1) is 0 Å². The molecule has 98 valence electrons. The number of carbonyl (C=O) groups excluding carboxylic acids is 1. The van der Waals surface area contributed by atoms with Crippen LogP contribution in [-0.4, -0.2) is 24.7 Å². The average Bonchev–Trinajstić information content (AvgIpc) is 2.28. The Balaban J connectivity index is 1.85. The van der Waals surface area contributed by atoms with Crippen LogP contribution in [0.2, 0.25) is 5.02 Å². The summed E-state index contributed by atoms with van der Waals surface area (Å²) in [5, 5.41) is 9.74. The number of carbonyl (C=O) groups is 1. The van der Waals surface area contributed by atoms with E-state index in [-0.39, 0.29) is 12.1 Å². The average molecular weight is 268 g/mol. The highest BCUT2D eigenvalue weighted by Crippen LogP contribution is 2.15. The number of piperidine rings is 1. The Morgan fingerprint density at radius 2 is 2.33 bits per heavy atom. The van der Waals surface area contributed by atoms with Gasteiger partial charge in [-0.15, -0.1) is 0 Å². The van der Waals surface area contributed by atoms with Crippen LogP contribution in [0.1, 0.15) is 19.8 Å². The van der Waals surface area contributed by atoms with Gasteiger partial charge in [-0.25, -0.2) is 4.79 Å². The van der Waals surface area contributed by atoms with Crippen LogP contribution in [-0.2, 0) is 0 Å². The molecule has 2 amide bonds. The minimum absolute atomic E-state index is 0.170. The summed E-state index contributed by atoms with van der Waals surface area (Å²) in [6.07, 6.45) is 1.93. The third-order valence-corrected chi connectivity index (χ3v) is 3.28. The van der Waals surface area contributed by atoms with Crippen molar-refractivity contribution in [1.82, 2.24) is 10.6 Å². The maximum absolute atomic E-state index is 11.8. The summed E-state index contributed by atoms with van der Waals surface area (Å²) in [6, 6.07) is 7.65. The van der Waals surface area contributed by atoms with Crippen molar-refractivity contribution >= 4 is 23.3 Å². The fourth-order valence-corrected chi connectivity index (χ4v) is 2.37. The Morgan fingerprint density at radius 3 is 3.06 bits per heavy atom. The molecule has 1 fully saturated rings. The van der Waals surface area contributed by atoms with Crippen molar-refractivity contribution in [1.29, 1.82) is 0 Å². The fourth-order valence-electron chi connectivity index (χ4n) is 2.18. The van der Waals surface area contributed by atoms with Crippen LogP contribution in [0.15, 0.2) is 24.3 Å². The number of hydrogen-bond donors (Lipinski definition) is 3. The Kier molecular flexibility index (Phi) is 4.44. The van der Waals surface area contributed by atoms with Crippen LogP contribution in [0.5, 0.6) is 0 Å². The first-order valence-electron chi connectivity index (χ1n) is 6.20. The molecule has 0 saturated carbocycles. The smallest absolute Gasteiger partial charge is 0.319 e. The molecule has 18 heavy (non-hydrogen) atoms. The van der Waals surface area contributed by atoms with Crippen LogP contribution >= 0.6 is 11.6 Å². The van der Waals surface area contributed by atoms with Crippen LogP contribution in [0.25, 0.3) is 0 Å². The number of hydrogen-bond acceptors (Lipinski definition) is 2. The van der Waals surface area contributed by atoms with Gasteiger partial charge in [-0.1, -0.05) is 17.7 Å². The van der Waals surface area contributed by atoms with Gasteiger partial charge < -0.3 is 16.0 Å². The minimum Gasteiger partial charge on any atom is -0.335 e. The number of nitrogens with one attached hydrogen (secondary N) is 3. The highest BCUT2D eigenvalue weighted by molar-refractivity contribution is 6.30. The molecule has 0 aliphatic carbocycles. The topological polar surface area (TPSA) is 53.2 Å². The fraction of sp³-hybridized carbons (Fsp3) is 0.462. The number of rotatable bonds is 2. The van der Waals surface area contributed by atoms with E-state index in [0.29, 0.717) is 16.8 Å². The highest BCUT2D eigenvalue weighted by Gasteiger charge is 2.19. The molecular weight excluding hydrogens is 250 g/mol. The maximum atomic E-state index is 11.8. The number of urea groups is 1. The molecule has 4 nitrogen and oxygen atoms in total. The highest BCUT2D eigenvalue weighted by atomic mass is 35.5. The summed E-state index contributed by atoms with van der Waals surface area (Å²) in [5.74, 6) is 0. The normalized spacial score (nSPS) is 23.4. The zero-order chi connectivity index (χ0) is 13.0. The SMILES string of the molecule is CC1CC(NC(=O)Nc2cccc(Cl)c2)CCN1. The van der Waals surface area contributed by atoms with Gasteiger partial charge in [0.25, 0.3) is 0 Å². The first kappa shape index (κ1) is 13.2. The minimum atomic E-state index is -0.170. The second-order valence-corrected chi connectivity index (χ2v) is 5.12. The Bertz CT molecular complexity index is 424. The lowest BCUT2D eigenvalue weighted by Gasteiger charge is -2.28. The van der Waals surface area contributed by atoms with E-state index in [4.69, 9.17) is 11.6 Å². The summed E-state index contributed by atoms with van der Waals surface area (Å²) in [5.41, 5.74) is 0.710. The molecule has 0 radical (unpaired) electrons. The summed E-state index contributed by atoms with van der Waals surface area (Å²) >= 11 is 5.86. The predicted molar refractivity (Wildman–Crippen MR) is 74.1 cm³/mol. The first-order valence-corrected chi connectivity index (χ1v) is 6.58. The van der Waals surface area contributed by atoms with Gasteiger partial charge in [0, 0.05) is 22.8 Å². The summed E-state index contributed by atoms with van der Waals surface area (Å²) in [4.78, 5) is 11.8. The molecule has 5 heteroatoms. The monoisotopic (exact) mass is 267 g/mol. The lowest BCUT2D eigenvalue weighted by Crippen LogP contribution is -2.47. The third-order valence-electron chi connectivity index (χ3n) is 3.04. The van der Waals surface area contributed by atoms with Gasteiger partial charge in [0.2, 0.25) is 0 Å². The van der Waals surface area contributed by atoms with Crippen molar-refractivity contribution in [3.05, 3.63) is 29.3 Å². The van der Waals surface area contributed by atoms with E-state index in [2.05, 4.69) is 22.9 Å².